The zero-order valence-corrected chi connectivity index (χ0v) is 11.2. The Hall–Kier alpha value is -1.84. The Morgan fingerprint density at radius 3 is 2.44 bits per heavy atom. The van der Waals surface area contributed by atoms with Gasteiger partial charge in [0.05, 0.1) is 5.41 Å². The first-order valence-corrected chi connectivity index (χ1v) is 5.86. The van der Waals surface area contributed by atoms with Gasteiger partial charge in [0.1, 0.15) is 6.04 Å². The Kier molecular flexibility index (Phi) is 4.11. The average molecular weight is 249 g/mol. The number of carboxylic acids is 1. The molecule has 1 aromatic rings. The molecule has 0 bridgehead atoms. The first kappa shape index (κ1) is 14.2. The third-order valence-corrected chi connectivity index (χ3v) is 3.03. The molecular formula is C14H19NO3. The van der Waals surface area contributed by atoms with E-state index < -0.39 is 17.4 Å². The number of benzene rings is 1. The molecule has 0 aliphatic heterocycles. The SMILES string of the molecule is Cc1cccc(C(C)(C)C(=O)NC(C)C(=O)O)c1. The van der Waals surface area contributed by atoms with Crippen molar-refractivity contribution < 1.29 is 14.7 Å². The molecule has 1 unspecified atom stereocenters. The second-order valence-corrected chi connectivity index (χ2v) is 5.03. The molecule has 0 heterocycles. The Morgan fingerprint density at radius 1 is 1.33 bits per heavy atom. The van der Waals surface area contributed by atoms with Crippen LogP contribution in [0.2, 0.25) is 0 Å². The van der Waals surface area contributed by atoms with Crippen LogP contribution in [-0.4, -0.2) is 23.0 Å². The summed E-state index contributed by atoms with van der Waals surface area (Å²) >= 11 is 0. The number of carbonyl (C=O) groups is 2. The van der Waals surface area contributed by atoms with Crippen LogP contribution in [0.5, 0.6) is 0 Å². The summed E-state index contributed by atoms with van der Waals surface area (Å²) in [5.74, 6) is -1.33. The standard InChI is InChI=1S/C14H19NO3/c1-9-6-5-7-11(8-9)14(3,4)13(18)15-10(2)12(16)17/h5-8,10H,1-4H3,(H,15,18)(H,16,17). The van der Waals surface area contributed by atoms with Crippen LogP contribution in [0.4, 0.5) is 0 Å². The maximum Gasteiger partial charge on any atom is 0.325 e. The molecule has 4 heteroatoms. The molecule has 0 spiro atoms. The summed E-state index contributed by atoms with van der Waals surface area (Å²) in [5, 5.41) is 11.3. The third-order valence-electron chi connectivity index (χ3n) is 3.03. The minimum atomic E-state index is -1.04. The molecule has 0 fully saturated rings. The van der Waals surface area contributed by atoms with Gasteiger partial charge in [0.15, 0.2) is 0 Å². The van der Waals surface area contributed by atoms with Gasteiger partial charge < -0.3 is 10.4 Å². The number of aryl methyl sites for hydroxylation is 1. The monoisotopic (exact) mass is 249 g/mol. The maximum atomic E-state index is 12.1. The van der Waals surface area contributed by atoms with Crippen molar-refractivity contribution >= 4 is 11.9 Å². The van der Waals surface area contributed by atoms with Crippen LogP contribution in [0.15, 0.2) is 24.3 Å². The molecule has 1 rings (SSSR count). The van der Waals surface area contributed by atoms with Crippen molar-refractivity contribution in [3.8, 4) is 0 Å². The summed E-state index contributed by atoms with van der Waals surface area (Å²) in [7, 11) is 0. The predicted octanol–water partition coefficient (Wildman–Crippen LogP) is 1.86. The lowest BCUT2D eigenvalue weighted by Gasteiger charge is -2.25. The molecule has 1 amide bonds. The fraction of sp³-hybridized carbons (Fsp3) is 0.429. The fourth-order valence-corrected chi connectivity index (χ4v) is 1.60. The summed E-state index contributed by atoms with van der Waals surface area (Å²) < 4.78 is 0. The van der Waals surface area contributed by atoms with E-state index in [-0.39, 0.29) is 5.91 Å². The van der Waals surface area contributed by atoms with Crippen molar-refractivity contribution in [3.05, 3.63) is 35.4 Å². The summed E-state index contributed by atoms with van der Waals surface area (Å²) in [6, 6.07) is 6.77. The first-order valence-electron chi connectivity index (χ1n) is 5.86. The quantitative estimate of drug-likeness (QED) is 0.856. The van der Waals surface area contributed by atoms with Gasteiger partial charge in [-0.05, 0) is 33.3 Å². The lowest BCUT2D eigenvalue weighted by molar-refractivity contribution is -0.142. The van der Waals surface area contributed by atoms with E-state index >= 15 is 0 Å². The van der Waals surface area contributed by atoms with Gasteiger partial charge in [-0.2, -0.15) is 0 Å². The van der Waals surface area contributed by atoms with Crippen LogP contribution < -0.4 is 5.32 Å². The van der Waals surface area contributed by atoms with Crippen molar-refractivity contribution in [2.75, 3.05) is 0 Å². The van der Waals surface area contributed by atoms with E-state index in [1.165, 1.54) is 6.92 Å². The molecule has 0 aromatic heterocycles. The normalized spacial score (nSPS) is 12.9. The summed E-state index contributed by atoms with van der Waals surface area (Å²) in [4.78, 5) is 22.9. The van der Waals surface area contributed by atoms with Crippen LogP contribution in [0.25, 0.3) is 0 Å². The maximum absolute atomic E-state index is 12.1. The van der Waals surface area contributed by atoms with E-state index in [1.54, 1.807) is 13.8 Å². The van der Waals surface area contributed by atoms with Gasteiger partial charge in [-0.1, -0.05) is 29.8 Å². The molecule has 0 aliphatic rings. The van der Waals surface area contributed by atoms with E-state index in [4.69, 9.17) is 5.11 Å². The van der Waals surface area contributed by atoms with Gasteiger partial charge in [0.25, 0.3) is 0 Å². The van der Waals surface area contributed by atoms with Crippen LogP contribution in [0.3, 0.4) is 0 Å². The highest BCUT2D eigenvalue weighted by Crippen LogP contribution is 2.24. The van der Waals surface area contributed by atoms with Gasteiger partial charge in [-0.25, -0.2) is 0 Å². The number of carboxylic acid groups (broad SMARTS) is 1. The summed E-state index contributed by atoms with van der Waals surface area (Å²) in [6.45, 7) is 6.97. The van der Waals surface area contributed by atoms with E-state index in [0.717, 1.165) is 11.1 Å². The number of rotatable bonds is 4. The molecule has 0 saturated carbocycles. The third kappa shape index (κ3) is 3.09. The zero-order chi connectivity index (χ0) is 13.9. The predicted molar refractivity (Wildman–Crippen MR) is 69.4 cm³/mol. The second-order valence-electron chi connectivity index (χ2n) is 5.03. The molecular weight excluding hydrogens is 230 g/mol. The number of hydrogen-bond acceptors (Lipinski definition) is 2. The lowest BCUT2D eigenvalue weighted by Crippen LogP contribution is -2.47. The minimum Gasteiger partial charge on any atom is -0.480 e. The Morgan fingerprint density at radius 2 is 1.94 bits per heavy atom. The molecule has 1 atom stereocenters. The number of nitrogens with one attached hydrogen (secondary N) is 1. The van der Waals surface area contributed by atoms with Crippen LogP contribution in [0, 0.1) is 6.92 Å². The number of amides is 1. The Bertz CT molecular complexity index is 466. The van der Waals surface area contributed by atoms with Gasteiger partial charge in [-0.3, -0.25) is 9.59 Å². The number of carbonyl (C=O) groups excluding carboxylic acids is 1. The first-order chi connectivity index (χ1) is 8.25. The number of aliphatic carboxylic acids is 1. The Balaban J connectivity index is 2.92. The molecule has 0 saturated heterocycles. The molecule has 98 valence electrons. The molecule has 18 heavy (non-hydrogen) atoms. The molecule has 2 N–H and O–H groups in total. The van der Waals surface area contributed by atoms with Crippen LogP contribution >= 0.6 is 0 Å². The highest BCUT2D eigenvalue weighted by Gasteiger charge is 2.31. The number of hydrogen-bond donors (Lipinski definition) is 2. The van der Waals surface area contributed by atoms with Gasteiger partial charge in [0, 0.05) is 0 Å². The van der Waals surface area contributed by atoms with Crippen molar-refractivity contribution in [1.82, 2.24) is 5.32 Å². The summed E-state index contributed by atoms with van der Waals surface area (Å²) in [5.41, 5.74) is 1.19. The van der Waals surface area contributed by atoms with Crippen LogP contribution in [-0.2, 0) is 15.0 Å². The van der Waals surface area contributed by atoms with E-state index in [2.05, 4.69) is 5.32 Å². The molecule has 1 aromatic carbocycles. The molecule has 0 radical (unpaired) electrons. The Labute approximate surface area is 107 Å². The van der Waals surface area contributed by atoms with Crippen molar-refractivity contribution in [2.24, 2.45) is 0 Å². The highest BCUT2D eigenvalue weighted by molar-refractivity contribution is 5.90. The van der Waals surface area contributed by atoms with E-state index in [1.807, 2.05) is 31.2 Å². The smallest absolute Gasteiger partial charge is 0.325 e. The molecule has 4 nitrogen and oxygen atoms in total. The van der Waals surface area contributed by atoms with E-state index in [0.29, 0.717) is 0 Å². The van der Waals surface area contributed by atoms with Gasteiger partial charge >= 0.3 is 5.97 Å². The second kappa shape index (κ2) is 5.21. The van der Waals surface area contributed by atoms with Crippen molar-refractivity contribution in [1.29, 1.82) is 0 Å². The largest absolute Gasteiger partial charge is 0.480 e. The summed E-state index contributed by atoms with van der Waals surface area (Å²) in [6.07, 6.45) is 0. The van der Waals surface area contributed by atoms with E-state index in [9.17, 15) is 9.59 Å². The zero-order valence-electron chi connectivity index (χ0n) is 11.2. The van der Waals surface area contributed by atoms with Gasteiger partial charge in [0.2, 0.25) is 5.91 Å². The fourth-order valence-electron chi connectivity index (χ4n) is 1.60. The lowest BCUT2D eigenvalue weighted by atomic mass is 9.83. The topological polar surface area (TPSA) is 66.4 Å². The highest BCUT2D eigenvalue weighted by atomic mass is 16.4. The average Bonchev–Trinajstić information content (AvgIpc) is 2.28. The van der Waals surface area contributed by atoms with Gasteiger partial charge in [-0.15, -0.1) is 0 Å². The minimum absolute atomic E-state index is 0.289. The van der Waals surface area contributed by atoms with Crippen molar-refractivity contribution in [2.45, 2.75) is 39.2 Å². The van der Waals surface area contributed by atoms with Crippen LogP contribution in [0.1, 0.15) is 31.9 Å². The van der Waals surface area contributed by atoms with Crippen molar-refractivity contribution in [3.63, 3.8) is 0 Å². The molecule has 0 aliphatic carbocycles.